The summed E-state index contributed by atoms with van der Waals surface area (Å²) in [5.41, 5.74) is 0.950. The highest BCUT2D eigenvalue weighted by molar-refractivity contribution is 6.30. The van der Waals surface area contributed by atoms with Crippen molar-refractivity contribution in [3.63, 3.8) is 0 Å². The Bertz CT molecular complexity index is 757. The molecule has 0 bridgehead atoms. The first kappa shape index (κ1) is 12.2. The van der Waals surface area contributed by atoms with Gasteiger partial charge in [-0.1, -0.05) is 29.3 Å². The number of fused-ring (bicyclic) bond motifs is 1. The minimum absolute atomic E-state index is 0.287. The van der Waals surface area contributed by atoms with Crippen LogP contribution < -0.4 is 4.74 Å². The summed E-state index contributed by atoms with van der Waals surface area (Å²) in [4.78, 5) is 8.00. The molecular weight excluding hydrogens is 287 g/mol. The highest BCUT2D eigenvalue weighted by Crippen LogP contribution is 2.28. The first-order valence-corrected chi connectivity index (χ1v) is 6.19. The van der Waals surface area contributed by atoms with Gasteiger partial charge in [0.25, 0.3) is 5.78 Å². The average Bonchev–Trinajstić information content (AvgIpc) is 2.82. The molecule has 2 aromatic heterocycles. The zero-order valence-electron chi connectivity index (χ0n) is 9.84. The maximum absolute atomic E-state index is 5.96. The van der Waals surface area contributed by atoms with Crippen LogP contribution in [0.1, 0.15) is 5.56 Å². The lowest BCUT2D eigenvalue weighted by Crippen LogP contribution is -1.98. The Hall–Kier alpha value is -1.85. The molecule has 0 radical (unpaired) electrons. The van der Waals surface area contributed by atoms with Crippen LogP contribution in [0.25, 0.3) is 5.78 Å². The van der Waals surface area contributed by atoms with Gasteiger partial charge in [-0.25, -0.2) is 0 Å². The number of hydrogen-bond acceptors (Lipinski definition) is 4. The molecule has 0 aliphatic heterocycles. The predicted molar refractivity (Wildman–Crippen MR) is 72.1 cm³/mol. The van der Waals surface area contributed by atoms with Gasteiger partial charge in [-0.05, 0) is 24.6 Å². The maximum Gasteiger partial charge on any atom is 0.256 e. The number of ether oxygens (including phenoxy) is 1. The lowest BCUT2D eigenvalue weighted by Gasteiger charge is -2.09. The molecule has 0 fully saturated rings. The van der Waals surface area contributed by atoms with E-state index in [1.54, 1.807) is 18.2 Å². The van der Waals surface area contributed by atoms with Gasteiger partial charge in [-0.2, -0.15) is 19.6 Å². The van der Waals surface area contributed by atoms with E-state index in [1.807, 2.05) is 13.0 Å². The van der Waals surface area contributed by atoms with Crippen molar-refractivity contribution in [1.29, 1.82) is 0 Å². The van der Waals surface area contributed by atoms with E-state index < -0.39 is 0 Å². The van der Waals surface area contributed by atoms with E-state index in [0.29, 0.717) is 22.4 Å². The average molecular weight is 295 g/mol. The van der Waals surface area contributed by atoms with Crippen molar-refractivity contribution < 1.29 is 4.74 Å². The fourth-order valence-electron chi connectivity index (χ4n) is 1.63. The van der Waals surface area contributed by atoms with Gasteiger partial charge < -0.3 is 4.74 Å². The Morgan fingerprint density at radius 2 is 2.05 bits per heavy atom. The number of nitrogens with zero attached hydrogens (tertiary/aromatic N) is 4. The van der Waals surface area contributed by atoms with E-state index in [4.69, 9.17) is 27.9 Å². The molecule has 0 atom stereocenters. The highest BCUT2D eigenvalue weighted by Gasteiger charge is 2.10. The SMILES string of the molecule is Cc1ccc(Cl)cc1Oc1cc(Cl)nc2ncnn12. The third-order valence-electron chi connectivity index (χ3n) is 2.55. The summed E-state index contributed by atoms with van der Waals surface area (Å²) in [5, 5.41) is 4.91. The van der Waals surface area contributed by atoms with Crippen molar-refractivity contribution in [3.8, 4) is 11.6 Å². The predicted octanol–water partition coefficient (Wildman–Crippen LogP) is 3.53. The van der Waals surface area contributed by atoms with Crippen LogP contribution in [0, 0.1) is 6.92 Å². The quantitative estimate of drug-likeness (QED) is 0.679. The number of halogens is 2. The molecule has 0 aliphatic carbocycles. The lowest BCUT2D eigenvalue weighted by atomic mass is 10.2. The van der Waals surface area contributed by atoms with Crippen LogP contribution in [0.3, 0.4) is 0 Å². The van der Waals surface area contributed by atoms with Crippen molar-refractivity contribution >= 4 is 29.0 Å². The summed E-state index contributed by atoms with van der Waals surface area (Å²) in [7, 11) is 0. The minimum atomic E-state index is 0.287. The zero-order chi connectivity index (χ0) is 13.4. The number of benzene rings is 1. The van der Waals surface area contributed by atoms with E-state index in [9.17, 15) is 0 Å². The third kappa shape index (κ3) is 2.34. The van der Waals surface area contributed by atoms with Gasteiger partial charge in [-0.3, -0.25) is 0 Å². The summed E-state index contributed by atoms with van der Waals surface area (Å²) < 4.78 is 7.26. The maximum atomic E-state index is 5.96. The van der Waals surface area contributed by atoms with Crippen LogP contribution in [-0.4, -0.2) is 19.6 Å². The normalized spacial score (nSPS) is 10.9. The van der Waals surface area contributed by atoms with E-state index in [-0.39, 0.29) is 5.15 Å². The first-order valence-electron chi connectivity index (χ1n) is 5.44. The number of rotatable bonds is 2. The van der Waals surface area contributed by atoms with Crippen molar-refractivity contribution in [2.75, 3.05) is 0 Å². The molecule has 0 saturated carbocycles. The molecule has 96 valence electrons. The molecule has 0 spiro atoms. The van der Waals surface area contributed by atoms with Crippen LogP contribution in [0.5, 0.6) is 11.6 Å². The van der Waals surface area contributed by atoms with Gasteiger partial charge in [0.1, 0.15) is 17.2 Å². The molecule has 0 saturated heterocycles. The Morgan fingerprint density at radius 1 is 1.21 bits per heavy atom. The largest absolute Gasteiger partial charge is 0.438 e. The molecular formula is C12H8Cl2N4O. The molecule has 2 heterocycles. The van der Waals surface area contributed by atoms with Crippen molar-refractivity contribution in [2.45, 2.75) is 6.92 Å². The standard InChI is InChI=1S/C12H8Cl2N4O/c1-7-2-3-8(13)4-9(7)19-11-5-10(14)17-12-15-6-16-18(11)12/h2-6H,1H3. The molecule has 0 N–H and O–H groups in total. The number of hydrogen-bond donors (Lipinski definition) is 0. The van der Waals surface area contributed by atoms with Crippen LogP contribution in [0.4, 0.5) is 0 Å². The molecule has 3 aromatic rings. The highest BCUT2D eigenvalue weighted by atomic mass is 35.5. The van der Waals surface area contributed by atoms with Crippen LogP contribution in [0.2, 0.25) is 10.2 Å². The van der Waals surface area contributed by atoms with Gasteiger partial charge in [0.15, 0.2) is 0 Å². The van der Waals surface area contributed by atoms with Gasteiger partial charge in [0.05, 0.1) is 0 Å². The summed E-state index contributed by atoms with van der Waals surface area (Å²) in [6.07, 6.45) is 1.39. The number of aromatic nitrogens is 4. The van der Waals surface area contributed by atoms with Gasteiger partial charge >= 0.3 is 0 Å². The Balaban J connectivity index is 2.10. The van der Waals surface area contributed by atoms with Crippen LogP contribution in [-0.2, 0) is 0 Å². The van der Waals surface area contributed by atoms with E-state index in [1.165, 1.54) is 10.8 Å². The van der Waals surface area contributed by atoms with Gasteiger partial charge in [-0.15, -0.1) is 0 Å². The summed E-state index contributed by atoms with van der Waals surface area (Å²) in [5.74, 6) is 1.44. The Morgan fingerprint density at radius 3 is 2.89 bits per heavy atom. The van der Waals surface area contributed by atoms with Crippen LogP contribution in [0.15, 0.2) is 30.6 Å². The fourth-order valence-corrected chi connectivity index (χ4v) is 1.96. The van der Waals surface area contributed by atoms with Crippen molar-refractivity contribution in [2.24, 2.45) is 0 Å². The molecule has 0 aliphatic rings. The van der Waals surface area contributed by atoms with E-state index >= 15 is 0 Å². The smallest absolute Gasteiger partial charge is 0.256 e. The molecule has 7 heteroatoms. The third-order valence-corrected chi connectivity index (χ3v) is 2.98. The van der Waals surface area contributed by atoms with Crippen molar-refractivity contribution in [1.82, 2.24) is 19.6 Å². The van der Waals surface area contributed by atoms with Gasteiger partial charge in [0.2, 0.25) is 5.88 Å². The lowest BCUT2D eigenvalue weighted by molar-refractivity contribution is 0.443. The molecule has 0 amide bonds. The molecule has 3 rings (SSSR count). The first-order chi connectivity index (χ1) is 9.13. The van der Waals surface area contributed by atoms with Gasteiger partial charge in [0, 0.05) is 11.1 Å². The number of aryl methyl sites for hydroxylation is 1. The molecule has 0 unspecified atom stereocenters. The van der Waals surface area contributed by atoms with Crippen molar-refractivity contribution in [3.05, 3.63) is 46.3 Å². The zero-order valence-corrected chi connectivity index (χ0v) is 11.4. The summed E-state index contributed by atoms with van der Waals surface area (Å²) >= 11 is 11.9. The topological polar surface area (TPSA) is 52.3 Å². The molecule has 1 aromatic carbocycles. The minimum Gasteiger partial charge on any atom is -0.438 e. The fraction of sp³-hybridized carbons (Fsp3) is 0.0833. The Kier molecular flexibility index (Phi) is 3.00. The second-order valence-electron chi connectivity index (χ2n) is 3.90. The monoisotopic (exact) mass is 294 g/mol. The summed E-state index contributed by atoms with van der Waals surface area (Å²) in [6.45, 7) is 1.92. The second-order valence-corrected chi connectivity index (χ2v) is 4.72. The molecule has 5 nitrogen and oxygen atoms in total. The summed E-state index contributed by atoms with van der Waals surface area (Å²) in [6, 6.07) is 6.98. The second kappa shape index (κ2) is 4.68. The Labute approximate surface area is 118 Å². The molecule has 19 heavy (non-hydrogen) atoms. The van der Waals surface area contributed by atoms with E-state index in [0.717, 1.165) is 5.56 Å². The van der Waals surface area contributed by atoms with E-state index in [2.05, 4.69) is 15.1 Å². The van der Waals surface area contributed by atoms with Crippen LogP contribution >= 0.6 is 23.2 Å².